The molecule has 1 aromatic rings. The van der Waals surface area contributed by atoms with E-state index in [1.807, 2.05) is 6.92 Å². The highest BCUT2D eigenvalue weighted by molar-refractivity contribution is 5.76. The van der Waals surface area contributed by atoms with Gasteiger partial charge in [-0.25, -0.2) is 4.98 Å². The number of nitrogens with zero attached hydrogens (tertiary/aromatic N) is 2. The Kier molecular flexibility index (Phi) is 3.84. The van der Waals surface area contributed by atoms with E-state index in [1.54, 1.807) is 13.2 Å². The smallest absolute Gasteiger partial charge is 0.221 e. The lowest BCUT2D eigenvalue weighted by atomic mass is 10.3. The molecule has 0 aliphatic rings. The molecule has 1 heterocycles. The van der Waals surface area contributed by atoms with E-state index >= 15 is 0 Å². The van der Waals surface area contributed by atoms with Crippen molar-refractivity contribution in [3.05, 3.63) is 11.8 Å². The monoisotopic (exact) mass is 209 g/mol. The van der Waals surface area contributed by atoms with Crippen molar-refractivity contribution in [2.45, 2.75) is 13.3 Å². The van der Waals surface area contributed by atoms with Gasteiger partial charge in [0.05, 0.1) is 0 Å². The summed E-state index contributed by atoms with van der Waals surface area (Å²) in [4.78, 5) is 18.8. The Balaban J connectivity index is 2.50. The normalized spacial score (nSPS) is 9.73. The summed E-state index contributed by atoms with van der Waals surface area (Å²) in [5, 5.41) is 5.57. The number of aryl methyl sites for hydroxylation is 1. The number of carbonyl (C=O) groups excluding carboxylic acids is 1. The number of hydrogen-bond donors (Lipinski definition) is 3. The predicted octanol–water partition coefficient (Wildman–Crippen LogP) is -0.0848. The summed E-state index contributed by atoms with van der Waals surface area (Å²) in [6, 6.07) is 0. The second-order valence-corrected chi connectivity index (χ2v) is 3.11. The Morgan fingerprint density at radius 1 is 1.60 bits per heavy atom. The summed E-state index contributed by atoms with van der Waals surface area (Å²) >= 11 is 0. The van der Waals surface area contributed by atoms with Crippen LogP contribution in [0.5, 0.6) is 0 Å². The number of nitrogen functional groups attached to an aromatic ring is 1. The van der Waals surface area contributed by atoms with Crippen molar-refractivity contribution < 1.29 is 4.79 Å². The highest BCUT2D eigenvalue weighted by Gasteiger charge is 2.02. The quantitative estimate of drug-likeness (QED) is 0.644. The molecule has 0 radical (unpaired) electrons. The minimum Gasteiger partial charge on any atom is -0.369 e. The molecule has 0 aliphatic heterocycles. The maximum absolute atomic E-state index is 10.9. The van der Waals surface area contributed by atoms with Crippen LogP contribution in [0.25, 0.3) is 0 Å². The fraction of sp³-hybridized carbons (Fsp3) is 0.444. The molecule has 0 saturated carbocycles. The standard InChI is InChI=1S/C9H15N5O/c1-6-5-13-9(10)14-8(6)12-4-3-7(15)11-2/h5H,3-4H2,1-2H3,(H,11,15)(H3,10,12,13,14). The van der Waals surface area contributed by atoms with E-state index in [-0.39, 0.29) is 11.9 Å². The number of rotatable bonds is 4. The van der Waals surface area contributed by atoms with Crippen molar-refractivity contribution in [3.63, 3.8) is 0 Å². The van der Waals surface area contributed by atoms with Gasteiger partial charge in [0.25, 0.3) is 0 Å². The SMILES string of the molecule is CNC(=O)CCNc1nc(N)ncc1C. The minimum atomic E-state index is -0.0119. The molecule has 0 atom stereocenters. The molecular formula is C9H15N5O. The molecule has 15 heavy (non-hydrogen) atoms. The summed E-state index contributed by atoms with van der Waals surface area (Å²) in [7, 11) is 1.61. The highest BCUT2D eigenvalue weighted by atomic mass is 16.1. The first-order valence-electron chi connectivity index (χ1n) is 4.67. The Morgan fingerprint density at radius 2 is 2.33 bits per heavy atom. The largest absolute Gasteiger partial charge is 0.369 e. The van der Waals surface area contributed by atoms with Crippen molar-refractivity contribution in [1.29, 1.82) is 0 Å². The zero-order valence-corrected chi connectivity index (χ0v) is 8.87. The van der Waals surface area contributed by atoms with Gasteiger partial charge in [0.15, 0.2) is 0 Å². The maximum atomic E-state index is 10.9. The van der Waals surface area contributed by atoms with E-state index in [0.29, 0.717) is 18.8 Å². The first-order valence-corrected chi connectivity index (χ1v) is 4.67. The molecule has 0 aliphatic carbocycles. The van der Waals surface area contributed by atoms with Crippen molar-refractivity contribution in [1.82, 2.24) is 15.3 Å². The summed E-state index contributed by atoms with van der Waals surface area (Å²) in [5.41, 5.74) is 6.35. The van der Waals surface area contributed by atoms with Gasteiger partial charge in [-0.15, -0.1) is 0 Å². The third-order valence-corrected chi connectivity index (χ3v) is 1.91. The van der Waals surface area contributed by atoms with Gasteiger partial charge >= 0.3 is 0 Å². The Bertz CT molecular complexity index is 352. The third-order valence-electron chi connectivity index (χ3n) is 1.91. The van der Waals surface area contributed by atoms with Crippen LogP contribution in [0.3, 0.4) is 0 Å². The predicted molar refractivity (Wildman–Crippen MR) is 58.4 cm³/mol. The van der Waals surface area contributed by atoms with Crippen LogP contribution in [0.15, 0.2) is 6.20 Å². The molecule has 0 bridgehead atoms. The van der Waals surface area contributed by atoms with Gasteiger partial charge in [-0.2, -0.15) is 4.98 Å². The topological polar surface area (TPSA) is 92.9 Å². The second kappa shape index (κ2) is 5.14. The molecule has 4 N–H and O–H groups in total. The molecule has 0 aromatic carbocycles. The van der Waals surface area contributed by atoms with E-state index in [0.717, 1.165) is 5.56 Å². The number of nitrogens with one attached hydrogen (secondary N) is 2. The third kappa shape index (κ3) is 3.41. The van der Waals surface area contributed by atoms with Crippen LogP contribution in [-0.4, -0.2) is 29.5 Å². The Hall–Kier alpha value is -1.85. The van der Waals surface area contributed by atoms with Crippen LogP contribution in [0.4, 0.5) is 11.8 Å². The van der Waals surface area contributed by atoms with E-state index in [1.165, 1.54) is 0 Å². The number of aromatic nitrogens is 2. The average molecular weight is 209 g/mol. The fourth-order valence-corrected chi connectivity index (χ4v) is 1.05. The summed E-state index contributed by atoms with van der Waals surface area (Å²) in [6.07, 6.45) is 2.05. The van der Waals surface area contributed by atoms with Gasteiger partial charge in [-0.1, -0.05) is 0 Å². The van der Waals surface area contributed by atoms with Crippen molar-refractivity contribution in [3.8, 4) is 0 Å². The van der Waals surface area contributed by atoms with Gasteiger partial charge in [-0.05, 0) is 6.92 Å². The molecule has 1 rings (SSSR count). The summed E-state index contributed by atoms with van der Waals surface area (Å²) < 4.78 is 0. The van der Waals surface area contributed by atoms with Crippen molar-refractivity contribution in [2.75, 3.05) is 24.6 Å². The van der Waals surface area contributed by atoms with Crippen LogP contribution in [0, 0.1) is 6.92 Å². The molecule has 0 unspecified atom stereocenters. The van der Waals surface area contributed by atoms with Gasteiger partial charge in [0, 0.05) is 31.8 Å². The van der Waals surface area contributed by atoms with Gasteiger partial charge in [0.2, 0.25) is 11.9 Å². The van der Waals surface area contributed by atoms with Gasteiger partial charge < -0.3 is 16.4 Å². The first kappa shape index (κ1) is 11.2. The van der Waals surface area contributed by atoms with E-state index in [4.69, 9.17) is 5.73 Å². The average Bonchev–Trinajstić information content (AvgIpc) is 2.23. The van der Waals surface area contributed by atoms with Crippen LogP contribution in [0.2, 0.25) is 0 Å². The van der Waals surface area contributed by atoms with Crippen LogP contribution >= 0.6 is 0 Å². The second-order valence-electron chi connectivity index (χ2n) is 3.11. The van der Waals surface area contributed by atoms with Crippen molar-refractivity contribution in [2.24, 2.45) is 0 Å². The van der Waals surface area contributed by atoms with E-state index < -0.39 is 0 Å². The lowest BCUT2D eigenvalue weighted by Crippen LogP contribution is -2.21. The summed E-state index contributed by atoms with van der Waals surface area (Å²) in [5.74, 6) is 0.886. The van der Waals surface area contributed by atoms with Crippen LogP contribution < -0.4 is 16.4 Å². The summed E-state index contributed by atoms with van der Waals surface area (Å²) in [6.45, 7) is 2.40. The van der Waals surface area contributed by atoms with E-state index in [9.17, 15) is 4.79 Å². The van der Waals surface area contributed by atoms with Crippen LogP contribution in [-0.2, 0) is 4.79 Å². The molecule has 6 heteroatoms. The van der Waals surface area contributed by atoms with E-state index in [2.05, 4.69) is 20.6 Å². The Labute approximate surface area is 88.3 Å². The highest BCUT2D eigenvalue weighted by Crippen LogP contribution is 2.10. The number of nitrogens with two attached hydrogens (primary N) is 1. The molecule has 0 saturated heterocycles. The molecule has 1 aromatic heterocycles. The number of carbonyl (C=O) groups is 1. The lowest BCUT2D eigenvalue weighted by molar-refractivity contribution is -0.120. The molecule has 0 fully saturated rings. The first-order chi connectivity index (χ1) is 7.13. The van der Waals surface area contributed by atoms with Gasteiger partial charge in [-0.3, -0.25) is 4.79 Å². The lowest BCUT2D eigenvalue weighted by Gasteiger charge is -2.07. The molecule has 1 amide bonds. The molecule has 6 nitrogen and oxygen atoms in total. The number of amides is 1. The number of anilines is 2. The zero-order chi connectivity index (χ0) is 11.3. The molecule has 0 spiro atoms. The maximum Gasteiger partial charge on any atom is 0.221 e. The van der Waals surface area contributed by atoms with Crippen molar-refractivity contribution >= 4 is 17.7 Å². The van der Waals surface area contributed by atoms with Gasteiger partial charge in [0.1, 0.15) is 5.82 Å². The Morgan fingerprint density at radius 3 is 3.00 bits per heavy atom. The number of hydrogen-bond acceptors (Lipinski definition) is 5. The fourth-order valence-electron chi connectivity index (χ4n) is 1.05. The van der Waals surface area contributed by atoms with Crippen LogP contribution in [0.1, 0.15) is 12.0 Å². The molecular weight excluding hydrogens is 194 g/mol. The zero-order valence-electron chi connectivity index (χ0n) is 8.87. The molecule has 82 valence electrons. The minimum absolute atomic E-state index is 0.0119.